The van der Waals surface area contributed by atoms with Crippen LogP contribution in [0, 0.1) is 5.82 Å². The monoisotopic (exact) mass is 343 g/mol. The van der Waals surface area contributed by atoms with Gasteiger partial charge in [0.05, 0.1) is 0 Å². The lowest BCUT2D eigenvalue weighted by atomic mass is 10.0. The Kier molecular flexibility index (Phi) is 6.99. The van der Waals surface area contributed by atoms with E-state index in [-0.39, 0.29) is 11.7 Å². The highest BCUT2D eigenvalue weighted by molar-refractivity contribution is 5.81. The van der Waals surface area contributed by atoms with Crippen molar-refractivity contribution in [2.24, 2.45) is 0 Å². The second kappa shape index (κ2) is 9.21. The maximum Gasteiger partial charge on any atom is 0.261 e. The number of carbonyl (C=O) groups excluding carboxylic acids is 1. The van der Waals surface area contributed by atoms with Crippen molar-refractivity contribution in [1.82, 2.24) is 5.32 Å². The molecule has 0 saturated carbocycles. The van der Waals surface area contributed by atoms with E-state index < -0.39 is 6.10 Å². The number of carbonyl (C=O) groups is 1. The van der Waals surface area contributed by atoms with Gasteiger partial charge in [0.2, 0.25) is 0 Å². The van der Waals surface area contributed by atoms with E-state index in [1.165, 1.54) is 35.4 Å². The molecule has 0 aromatic heterocycles. The normalized spacial score (nSPS) is 11.8. The molecular formula is C21H26FNO2. The molecule has 1 amide bonds. The molecule has 25 heavy (non-hydrogen) atoms. The van der Waals surface area contributed by atoms with Gasteiger partial charge >= 0.3 is 0 Å². The maximum atomic E-state index is 13.0. The molecule has 0 bridgehead atoms. The smallest absolute Gasteiger partial charge is 0.261 e. The molecule has 0 heterocycles. The van der Waals surface area contributed by atoms with E-state index in [0.29, 0.717) is 18.7 Å². The molecule has 1 N–H and O–H groups in total. The first kappa shape index (κ1) is 19.0. The highest BCUT2D eigenvalue weighted by atomic mass is 19.1. The number of halogens is 1. The summed E-state index contributed by atoms with van der Waals surface area (Å²) >= 11 is 0. The number of nitrogens with one attached hydrogen (secondary N) is 1. The molecule has 0 spiro atoms. The van der Waals surface area contributed by atoms with E-state index in [1.807, 2.05) is 6.92 Å². The van der Waals surface area contributed by atoms with Gasteiger partial charge in [0.1, 0.15) is 11.6 Å². The lowest BCUT2D eigenvalue weighted by Crippen LogP contribution is -2.37. The summed E-state index contributed by atoms with van der Waals surface area (Å²) < 4.78 is 18.7. The number of benzene rings is 2. The number of rotatable bonds is 8. The van der Waals surface area contributed by atoms with Crippen LogP contribution >= 0.6 is 0 Å². The fraction of sp³-hybridized carbons (Fsp3) is 0.381. The molecule has 2 aromatic rings. The van der Waals surface area contributed by atoms with Gasteiger partial charge in [0.25, 0.3) is 5.91 Å². The Balaban J connectivity index is 2.01. The summed E-state index contributed by atoms with van der Waals surface area (Å²) in [5, 5.41) is 2.97. The van der Waals surface area contributed by atoms with Crippen LogP contribution < -0.4 is 10.1 Å². The zero-order valence-electron chi connectivity index (χ0n) is 15.1. The molecule has 0 aliphatic heterocycles. The predicted molar refractivity (Wildman–Crippen MR) is 98.2 cm³/mol. The summed E-state index contributed by atoms with van der Waals surface area (Å²) in [7, 11) is 0. The van der Waals surface area contributed by atoms with Crippen molar-refractivity contribution in [1.29, 1.82) is 0 Å². The first-order valence-electron chi connectivity index (χ1n) is 8.87. The van der Waals surface area contributed by atoms with Crippen LogP contribution in [-0.2, 0) is 24.2 Å². The highest BCUT2D eigenvalue weighted by Gasteiger charge is 2.18. The molecule has 0 saturated heterocycles. The third-order valence-electron chi connectivity index (χ3n) is 4.27. The van der Waals surface area contributed by atoms with Gasteiger partial charge in [0, 0.05) is 6.54 Å². The van der Waals surface area contributed by atoms with Crippen LogP contribution in [0.1, 0.15) is 43.9 Å². The molecule has 0 fully saturated rings. The van der Waals surface area contributed by atoms with Crippen molar-refractivity contribution in [2.45, 2.75) is 52.7 Å². The third-order valence-corrected chi connectivity index (χ3v) is 4.27. The van der Waals surface area contributed by atoms with Crippen molar-refractivity contribution >= 4 is 5.91 Å². The van der Waals surface area contributed by atoms with E-state index in [4.69, 9.17) is 4.74 Å². The molecule has 0 aliphatic carbocycles. The predicted octanol–water partition coefficient (Wildman–Crippen LogP) is 4.42. The minimum Gasteiger partial charge on any atom is -0.481 e. The van der Waals surface area contributed by atoms with E-state index in [0.717, 1.165) is 18.4 Å². The zero-order valence-corrected chi connectivity index (χ0v) is 15.1. The molecule has 1 unspecified atom stereocenters. The Morgan fingerprint density at radius 1 is 1.04 bits per heavy atom. The SMILES string of the molecule is CCc1ccc(CC)c(CNC(=O)C(CC)Oc2ccc(F)cc2)c1. The van der Waals surface area contributed by atoms with Crippen LogP contribution in [0.3, 0.4) is 0 Å². The number of hydrogen-bond donors (Lipinski definition) is 1. The van der Waals surface area contributed by atoms with Crippen LogP contribution in [0.25, 0.3) is 0 Å². The topological polar surface area (TPSA) is 38.3 Å². The standard InChI is InChI=1S/C21H26FNO2/c1-4-15-7-8-16(5-2)17(13-15)14-23-21(24)20(6-3)25-19-11-9-18(22)10-12-19/h7-13,20H,4-6,14H2,1-3H3,(H,23,24). The van der Waals surface area contributed by atoms with Gasteiger partial charge in [-0.2, -0.15) is 0 Å². The van der Waals surface area contributed by atoms with Crippen molar-refractivity contribution in [3.05, 3.63) is 65.0 Å². The molecule has 2 rings (SSSR count). The van der Waals surface area contributed by atoms with Gasteiger partial charge in [0.15, 0.2) is 6.10 Å². The first-order chi connectivity index (χ1) is 12.1. The summed E-state index contributed by atoms with van der Waals surface area (Å²) in [4.78, 5) is 12.5. The van der Waals surface area contributed by atoms with E-state index in [9.17, 15) is 9.18 Å². The van der Waals surface area contributed by atoms with Gasteiger partial charge in [-0.3, -0.25) is 4.79 Å². The number of aryl methyl sites for hydroxylation is 2. The second-order valence-electron chi connectivity index (χ2n) is 6.00. The number of hydrogen-bond acceptors (Lipinski definition) is 2. The summed E-state index contributed by atoms with van der Waals surface area (Å²) in [5.41, 5.74) is 3.65. The zero-order chi connectivity index (χ0) is 18.2. The van der Waals surface area contributed by atoms with E-state index >= 15 is 0 Å². The van der Waals surface area contributed by atoms with Gasteiger partial charge in [-0.25, -0.2) is 4.39 Å². The molecule has 0 radical (unpaired) electrons. The lowest BCUT2D eigenvalue weighted by Gasteiger charge is -2.18. The average molecular weight is 343 g/mol. The van der Waals surface area contributed by atoms with Crippen molar-refractivity contribution in [2.75, 3.05) is 0 Å². The van der Waals surface area contributed by atoms with Crippen LogP contribution in [0.5, 0.6) is 5.75 Å². The fourth-order valence-corrected chi connectivity index (χ4v) is 2.70. The molecule has 3 nitrogen and oxygen atoms in total. The Morgan fingerprint density at radius 2 is 1.76 bits per heavy atom. The molecular weight excluding hydrogens is 317 g/mol. The first-order valence-corrected chi connectivity index (χ1v) is 8.87. The van der Waals surface area contributed by atoms with Crippen molar-refractivity contribution in [3.63, 3.8) is 0 Å². The van der Waals surface area contributed by atoms with E-state index in [1.54, 1.807) is 0 Å². The Labute approximate surface area is 149 Å². The Hall–Kier alpha value is -2.36. The van der Waals surface area contributed by atoms with E-state index in [2.05, 4.69) is 37.4 Å². The molecule has 1 atom stereocenters. The van der Waals surface area contributed by atoms with Crippen LogP contribution in [0.15, 0.2) is 42.5 Å². The van der Waals surface area contributed by atoms with Gasteiger partial charge in [-0.15, -0.1) is 0 Å². The average Bonchev–Trinajstić information content (AvgIpc) is 2.65. The summed E-state index contributed by atoms with van der Waals surface area (Å²) in [6.45, 7) is 6.60. The van der Waals surface area contributed by atoms with Gasteiger partial charge in [-0.1, -0.05) is 39.0 Å². The van der Waals surface area contributed by atoms with Crippen LogP contribution in [0.4, 0.5) is 4.39 Å². The van der Waals surface area contributed by atoms with Crippen molar-refractivity contribution in [3.8, 4) is 5.75 Å². The number of amides is 1. The minimum atomic E-state index is -0.593. The molecule has 4 heteroatoms. The maximum absolute atomic E-state index is 13.0. The van der Waals surface area contributed by atoms with Gasteiger partial charge in [-0.05, 0) is 60.2 Å². The van der Waals surface area contributed by atoms with Crippen molar-refractivity contribution < 1.29 is 13.9 Å². The summed E-state index contributed by atoms with van der Waals surface area (Å²) in [6, 6.07) is 12.1. The minimum absolute atomic E-state index is 0.157. The Bertz CT molecular complexity index is 698. The van der Waals surface area contributed by atoms with Crippen LogP contribution in [0.2, 0.25) is 0 Å². The third kappa shape index (κ3) is 5.31. The highest BCUT2D eigenvalue weighted by Crippen LogP contribution is 2.16. The van der Waals surface area contributed by atoms with Gasteiger partial charge < -0.3 is 10.1 Å². The lowest BCUT2D eigenvalue weighted by molar-refractivity contribution is -0.128. The second-order valence-corrected chi connectivity index (χ2v) is 6.00. The largest absolute Gasteiger partial charge is 0.481 e. The summed E-state index contributed by atoms with van der Waals surface area (Å²) in [5.74, 6) is 0.00848. The Morgan fingerprint density at radius 3 is 2.36 bits per heavy atom. The summed E-state index contributed by atoms with van der Waals surface area (Å²) in [6.07, 6.45) is 1.85. The van der Waals surface area contributed by atoms with Crippen LogP contribution in [-0.4, -0.2) is 12.0 Å². The quantitative estimate of drug-likeness (QED) is 0.770. The molecule has 0 aliphatic rings. The molecule has 134 valence electrons. The number of ether oxygens (including phenoxy) is 1. The molecule has 2 aromatic carbocycles. The fourth-order valence-electron chi connectivity index (χ4n) is 2.70.